The molecule has 2 rings (SSSR count). The Balaban J connectivity index is 2.41. The van der Waals surface area contributed by atoms with Crippen LogP contribution in [-0.4, -0.2) is 27.6 Å². The van der Waals surface area contributed by atoms with E-state index in [-0.39, 0.29) is 10.9 Å². The Labute approximate surface area is 87.3 Å². The van der Waals surface area contributed by atoms with E-state index in [0.29, 0.717) is 12.3 Å². The molecule has 0 radical (unpaired) electrons. The van der Waals surface area contributed by atoms with Gasteiger partial charge in [-0.1, -0.05) is 0 Å². The average molecular weight is 229 g/mol. The highest BCUT2D eigenvalue weighted by molar-refractivity contribution is 7.93. The number of carbonyl (C=O) groups is 1. The molecule has 0 bridgehead atoms. The van der Waals surface area contributed by atoms with Crippen molar-refractivity contribution < 1.29 is 18.5 Å². The van der Waals surface area contributed by atoms with Gasteiger partial charge in [0, 0.05) is 12.3 Å². The molecular formula is C9H11NO4S. The van der Waals surface area contributed by atoms with Crippen LogP contribution < -0.4 is 0 Å². The van der Waals surface area contributed by atoms with Gasteiger partial charge in [0.1, 0.15) is 9.73 Å². The van der Waals surface area contributed by atoms with Crippen molar-refractivity contribution in [1.82, 2.24) is 0 Å². The van der Waals surface area contributed by atoms with E-state index in [4.69, 9.17) is 9.52 Å². The van der Waals surface area contributed by atoms with Gasteiger partial charge in [-0.25, -0.2) is 13.4 Å². The monoisotopic (exact) mass is 229 g/mol. The zero-order valence-electron chi connectivity index (χ0n) is 8.01. The normalized spacial score (nSPS) is 25.9. The summed E-state index contributed by atoms with van der Waals surface area (Å²) in [5.41, 5.74) is 0. The second-order valence-corrected chi connectivity index (χ2v) is 5.68. The number of nitrogens with zero attached hydrogens (tertiary/aromatic N) is 1. The Hall–Kier alpha value is -1.30. The summed E-state index contributed by atoms with van der Waals surface area (Å²) < 4.78 is 21.3. The van der Waals surface area contributed by atoms with Crippen LogP contribution in [0.3, 0.4) is 0 Å². The first kappa shape index (κ1) is 10.2. The number of hydrogen-bond acceptors (Lipinski definition) is 4. The summed E-state index contributed by atoms with van der Waals surface area (Å²) in [6.07, 6.45) is 1.77. The van der Waals surface area contributed by atoms with Crippen LogP contribution in [0.15, 0.2) is 26.0 Å². The van der Waals surface area contributed by atoms with E-state index in [0.717, 1.165) is 12.8 Å². The molecule has 0 aliphatic carbocycles. The number of carboxylic acids is 1. The molecule has 0 fully saturated rings. The highest BCUT2D eigenvalue weighted by atomic mass is 32.2. The Bertz CT molecular complexity index is 496. The quantitative estimate of drug-likeness (QED) is 0.835. The lowest BCUT2D eigenvalue weighted by Gasteiger charge is -2.11. The lowest BCUT2D eigenvalue weighted by molar-refractivity contribution is 0.0656. The van der Waals surface area contributed by atoms with Gasteiger partial charge in [-0.15, -0.1) is 0 Å². The van der Waals surface area contributed by atoms with Crippen molar-refractivity contribution in [2.45, 2.75) is 17.9 Å². The highest BCUT2D eigenvalue weighted by Gasteiger charge is 2.21. The molecule has 5 nitrogen and oxygen atoms in total. The van der Waals surface area contributed by atoms with Gasteiger partial charge in [-0.2, -0.15) is 0 Å². The summed E-state index contributed by atoms with van der Waals surface area (Å²) >= 11 is 0. The van der Waals surface area contributed by atoms with E-state index in [9.17, 15) is 9.00 Å². The fraction of sp³-hybridized carbons (Fsp3) is 0.444. The second kappa shape index (κ2) is 3.69. The van der Waals surface area contributed by atoms with Crippen molar-refractivity contribution in [3.63, 3.8) is 0 Å². The van der Waals surface area contributed by atoms with Crippen LogP contribution in [0.25, 0.3) is 0 Å². The SMILES string of the molecule is O=C(O)c1ccc(S2(=O)=NCCCC2)o1. The van der Waals surface area contributed by atoms with E-state index in [1.165, 1.54) is 12.1 Å². The summed E-state index contributed by atoms with van der Waals surface area (Å²) in [5.74, 6) is -0.881. The zero-order chi connectivity index (χ0) is 10.9. The third-order valence-electron chi connectivity index (χ3n) is 2.24. The first-order chi connectivity index (χ1) is 7.12. The van der Waals surface area contributed by atoms with Crippen molar-refractivity contribution in [3.8, 4) is 0 Å². The summed E-state index contributed by atoms with van der Waals surface area (Å²) in [4.78, 5) is 10.6. The highest BCUT2D eigenvalue weighted by Crippen LogP contribution is 2.21. The van der Waals surface area contributed by atoms with Gasteiger partial charge in [0.15, 0.2) is 5.09 Å². The molecule has 0 saturated carbocycles. The fourth-order valence-electron chi connectivity index (χ4n) is 1.46. The lowest BCUT2D eigenvalue weighted by atomic mass is 10.3. The molecule has 1 aromatic heterocycles. The Morgan fingerprint density at radius 2 is 2.27 bits per heavy atom. The first-order valence-electron chi connectivity index (χ1n) is 4.65. The molecule has 1 aliphatic rings. The molecule has 1 aromatic rings. The van der Waals surface area contributed by atoms with Gasteiger partial charge in [-0.05, 0) is 25.0 Å². The molecular weight excluding hydrogens is 218 g/mol. The maximum Gasteiger partial charge on any atom is 0.371 e. The number of rotatable bonds is 2. The predicted molar refractivity (Wildman–Crippen MR) is 53.5 cm³/mol. The van der Waals surface area contributed by atoms with Crippen LogP contribution in [0, 0.1) is 0 Å². The van der Waals surface area contributed by atoms with Crippen LogP contribution in [0.4, 0.5) is 0 Å². The van der Waals surface area contributed by atoms with E-state index >= 15 is 0 Å². The summed E-state index contributed by atoms with van der Waals surface area (Å²) in [7, 11) is -2.49. The van der Waals surface area contributed by atoms with Crippen LogP contribution in [-0.2, 0) is 9.73 Å². The van der Waals surface area contributed by atoms with Gasteiger partial charge in [0.25, 0.3) is 0 Å². The minimum Gasteiger partial charge on any atom is -0.475 e. The topological polar surface area (TPSA) is 79.9 Å². The molecule has 0 aromatic carbocycles. The van der Waals surface area contributed by atoms with Crippen molar-refractivity contribution in [2.75, 3.05) is 12.3 Å². The van der Waals surface area contributed by atoms with Crippen LogP contribution in [0.5, 0.6) is 0 Å². The predicted octanol–water partition coefficient (Wildman–Crippen LogP) is 1.60. The summed E-state index contributed by atoms with van der Waals surface area (Å²) in [6.45, 7) is 0.557. The molecule has 0 amide bonds. The molecule has 0 saturated heterocycles. The van der Waals surface area contributed by atoms with Crippen LogP contribution in [0.1, 0.15) is 23.4 Å². The molecule has 1 atom stereocenters. The van der Waals surface area contributed by atoms with Gasteiger partial charge >= 0.3 is 5.97 Å². The Morgan fingerprint density at radius 3 is 2.80 bits per heavy atom. The number of aromatic carboxylic acids is 1. The van der Waals surface area contributed by atoms with E-state index in [2.05, 4.69) is 4.36 Å². The Morgan fingerprint density at radius 1 is 1.47 bits per heavy atom. The number of carboxylic acid groups (broad SMARTS) is 1. The second-order valence-electron chi connectivity index (χ2n) is 3.33. The third kappa shape index (κ3) is 1.90. The van der Waals surface area contributed by atoms with E-state index < -0.39 is 15.7 Å². The Kier molecular flexibility index (Phi) is 2.52. The van der Waals surface area contributed by atoms with Crippen molar-refractivity contribution in [1.29, 1.82) is 0 Å². The third-order valence-corrected chi connectivity index (χ3v) is 4.53. The zero-order valence-corrected chi connectivity index (χ0v) is 8.83. The van der Waals surface area contributed by atoms with Crippen LogP contribution in [0.2, 0.25) is 0 Å². The minimum atomic E-state index is -2.49. The smallest absolute Gasteiger partial charge is 0.371 e. The van der Waals surface area contributed by atoms with E-state index in [1.807, 2.05) is 0 Å². The van der Waals surface area contributed by atoms with Gasteiger partial charge in [0.2, 0.25) is 5.76 Å². The standard InChI is InChI=1S/C9H11NO4S/c11-9(12)7-3-4-8(14-7)15(13)6-2-1-5-10-15/h3-4H,1-2,5-6H2,(H,11,12). The molecule has 0 spiro atoms. The van der Waals surface area contributed by atoms with Crippen molar-refractivity contribution >= 4 is 15.7 Å². The first-order valence-corrected chi connectivity index (χ1v) is 6.34. The van der Waals surface area contributed by atoms with Gasteiger partial charge < -0.3 is 9.52 Å². The number of hydrogen-bond donors (Lipinski definition) is 1. The molecule has 1 aliphatic heterocycles. The number of furan rings is 1. The molecule has 15 heavy (non-hydrogen) atoms. The molecule has 82 valence electrons. The maximum absolute atomic E-state index is 12.2. The van der Waals surface area contributed by atoms with E-state index in [1.54, 1.807) is 0 Å². The van der Waals surface area contributed by atoms with Crippen LogP contribution >= 0.6 is 0 Å². The largest absolute Gasteiger partial charge is 0.475 e. The average Bonchev–Trinajstić information content (AvgIpc) is 2.68. The summed E-state index contributed by atoms with van der Waals surface area (Å²) in [6, 6.07) is 2.76. The summed E-state index contributed by atoms with van der Waals surface area (Å²) in [5, 5.41) is 8.86. The molecule has 2 heterocycles. The molecule has 6 heteroatoms. The van der Waals surface area contributed by atoms with Gasteiger partial charge in [0.05, 0.1) is 0 Å². The van der Waals surface area contributed by atoms with Gasteiger partial charge in [-0.3, -0.25) is 0 Å². The maximum atomic E-state index is 12.2. The fourth-order valence-corrected chi connectivity index (χ4v) is 3.43. The van der Waals surface area contributed by atoms with Crippen molar-refractivity contribution in [2.24, 2.45) is 4.36 Å². The molecule has 1 unspecified atom stereocenters. The lowest BCUT2D eigenvalue weighted by Crippen LogP contribution is -2.11. The molecule has 1 N–H and O–H groups in total. The van der Waals surface area contributed by atoms with Crippen molar-refractivity contribution in [3.05, 3.63) is 17.9 Å². The minimum absolute atomic E-state index is 0.187.